The van der Waals surface area contributed by atoms with Crippen molar-refractivity contribution in [2.75, 3.05) is 20.2 Å². The van der Waals surface area contributed by atoms with Gasteiger partial charge in [0.2, 0.25) is 0 Å². The fraction of sp³-hybridized carbons (Fsp3) is 0.296. The molecule has 34 heavy (non-hydrogen) atoms. The van der Waals surface area contributed by atoms with Crippen LogP contribution in [0.15, 0.2) is 53.5 Å². The number of likely N-dealkylation sites (tertiary alicyclic amines) is 1. The SMILES string of the molecule is COC(=O)CC1CCN(Cc2c(O)ccc3c2c2ccnc4c5ccccc5c(=O)n3c24)CC1. The molecule has 0 unspecified atom stereocenters. The molecule has 7 heteroatoms. The largest absolute Gasteiger partial charge is 0.508 e. The molecule has 1 fully saturated rings. The highest BCUT2D eigenvalue weighted by molar-refractivity contribution is 6.19. The monoisotopic (exact) mass is 455 g/mol. The van der Waals surface area contributed by atoms with E-state index in [1.807, 2.05) is 36.4 Å². The lowest BCUT2D eigenvalue weighted by atomic mass is 9.93. The Morgan fingerprint density at radius 3 is 2.62 bits per heavy atom. The number of ether oxygens (including phenoxy) is 1. The Balaban J connectivity index is 1.48. The van der Waals surface area contributed by atoms with Crippen LogP contribution in [0, 0.1) is 5.92 Å². The summed E-state index contributed by atoms with van der Waals surface area (Å²) in [4.78, 5) is 32.1. The molecular formula is C27H25N3O4. The summed E-state index contributed by atoms with van der Waals surface area (Å²) in [6.45, 7) is 2.26. The number of nitrogens with zero attached hydrogens (tertiary/aromatic N) is 3. The van der Waals surface area contributed by atoms with Crippen molar-refractivity contribution in [1.82, 2.24) is 14.3 Å². The van der Waals surface area contributed by atoms with Crippen LogP contribution < -0.4 is 5.56 Å². The third-order valence-corrected chi connectivity index (χ3v) is 7.31. The number of hydrogen-bond acceptors (Lipinski definition) is 6. The summed E-state index contributed by atoms with van der Waals surface area (Å²) >= 11 is 0. The summed E-state index contributed by atoms with van der Waals surface area (Å²) in [5, 5.41) is 14.2. The number of methoxy groups -OCH3 is 1. The van der Waals surface area contributed by atoms with Gasteiger partial charge in [-0.3, -0.25) is 23.9 Å². The minimum Gasteiger partial charge on any atom is -0.508 e. The van der Waals surface area contributed by atoms with Gasteiger partial charge >= 0.3 is 5.97 Å². The lowest BCUT2D eigenvalue weighted by Crippen LogP contribution is -2.34. The number of esters is 1. The van der Waals surface area contributed by atoms with E-state index in [2.05, 4.69) is 9.88 Å². The number of piperidine rings is 1. The van der Waals surface area contributed by atoms with Crippen LogP contribution >= 0.6 is 0 Å². The molecule has 4 heterocycles. The van der Waals surface area contributed by atoms with E-state index in [1.54, 1.807) is 16.7 Å². The molecule has 172 valence electrons. The van der Waals surface area contributed by atoms with Gasteiger partial charge < -0.3 is 9.84 Å². The molecule has 0 atom stereocenters. The first-order chi connectivity index (χ1) is 16.6. The molecule has 0 aliphatic carbocycles. The van der Waals surface area contributed by atoms with Crippen molar-refractivity contribution in [1.29, 1.82) is 0 Å². The number of phenols is 1. The minimum absolute atomic E-state index is 0.0728. The first-order valence-electron chi connectivity index (χ1n) is 11.6. The molecule has 0 amide bonds. The summed E-state index contributed by atoms with van der Waals surface area (Å²) in [5.74, 6) is 0.397. The average Bonchev–Trinajstić information content (AvgIpc) is 3.21. The average molecular weight is 456 g/mol. The summed E-state index contributed by atoms with van der Waals surface area (Å²) < 4.78 is 6.57. The fourth-order valence-corrected chi connectivity index (χ4v) is 5.57. The summed E-state index contributed by atoms with van der Waals surface area (Å²) in [5.41, 5.74) is 3.12. The highest BCUT2D eigenvalue weighted by Gasteiger charge is 2.25. The quantitative estimate of drug-likeness (QED) is 0.325. The fourth-order valence-electron chi connectivity index (χ4n) is 5.57. The molecular weight excluding hydrogens is 430 g/mol. The molecule has 1 saturated heterocycles. The zero-order chi connectivity index (χ0) is 23.4. The van der Waals surface area contributed by atoms with Gasteiger partial charge in [0.1, 0.15) is 5.75 Å². The molecule has 6 rings (SSSR count). The maximum atomic E-state index is 13.5. The Labute approximate surface area is 195 Å². The molecule has 0 spiro atoms. The number of aromatic hydroxyl groups is 1. The van der Waals surface area contributed by atoms with Crippen LogP contribution in [0.4, 0.5) is 0 Å². The van der Waals surface area contributed by atoms with Crippen LogP contribution in [0.1, 0.15) is 24.8 Å². The van der Waals surface area contributed by atoms with Crippen LogP contribution in [0.5, 0.6) is 5.75 Å². The molecule has 7 nitrogen and oxygen atoms in total. The number of carbonyl (C=O) groups excluding carboxylic acids is 1. The molecule has 3 aromatic heterocycles. The third-order valence-electron chi connectivity index (χ3n) is 7.31. The highest BCUT2D eigenvalue weighted by Crippen LogP contribution is 2.38. The van der Waals surface area contributed by atoms with Crippen molar-refractivity contribution in [2.45, 2.75) is 25.8 Å². The van der Waals surface area contributed by atoms with Gasteiger partial charge in [-0.2, -0.15) is 0 Å². The Bertz CT molecular complexity index is 1620. The zero-order valence-corrected chi connectivity index (χ0v) is 19.0. The summed E-state index contributed by atoms with van der Waals surface area (Å²) in [6.07, 6.45) is 4.06. The predicted octanol–water partition coefficient (Wildman–Crippen LogP) is 4.07. The highest BCUT2D eigenvalue weighted by atomic mass is 16.5. The summed E-state index contributed by atoms with van der Waals surface area (Å²) in [7, 11) is 1.43. The van der Waals surface area contributed by atoms with Crippen LogP contribution in [0.3, 0.4) is 0 Å². The Morgan fingerprint density at radius 1 is 1.09 bits per heavy atom. The molecule has 1 aliphatic heterocycles. The number of benzene rings is 2. The molecule has 1 N–H and O–H groups in total. The van der Waals surface area contributed by atoms with Crippen LogP contribution in [0.2, 0.25) is 0 Å². The smallest absolute Gasteiger partial charge is 0.305 e. The number of phenolic OH excluding ortho intramolecular Hbond substituents is 1. The van der Waals surface area contributed by atoms with E-state index >= 15 is 0 Å². The van der Waals surface area contributed by atoms with E-state index in [4.69, 9.17) is 4.74 Å². The van der Waals surface area contributed by atoms with Gasteiger partial charge in [-0.15, -0.1) is 0 Å². The van der Waals surface area contributed by atoms with E-state index in [-0.39, 0.29) is 17.3 Å². The molecule has 1 aliphatic rings. The Hall–Kier alpha value is -3.71. The van der Waals surface area contributed by atoms with Gasteiger partial charge in [-0.05, 0) is 56.1 Å². The van der Waals surface area contributed by atoms with Crippen molar-refractivity contribution in [3.05, 3.63) is 64.6 Å². The molecule has 0 bridgehead atoms. The lowest BCUT2D eigenvalue weighted by molar-refractivity contribution is -0.142. The first-order valence-corrected chi connectivity index (χ1v) is 11.6. The topological polar surface area (TPSA) is 84.1 Å². The van der Waals surface area contributed by atoms with Crippen LogP contribution in [-0.2, 0) is 16.1 Å². The van der Waals surface area contributed by atoms with Gasteiger partial charge in [0.15, 0.2) is 0 Å². The van der Waals surface area contributed by atoms with Crippen molar-refractivity contribution in [3.8, 4) is 5.75 Å². The van der Waals surface area contributed by atoms with Crippen LogP contribution in [0.25, 0.3) is 38.1 Å². The van der Waals surface area contributed by atoms with Gasteiger partial charge in [-0.1, -0.05) is 18.2 Å². The number of carbonyl (C=O) groups is 1. The zero-order valence-electron chi connectivity index (χ0n) is 19.0. The Morgan fingerprint density at radius 2 is 1.85 bits per heavy atom. The maximum absolute atomic E-state index is 13.5. The second-order valence-corrected chi connectivity index (χ2v) is 9.20. The standard InChI is InChI=1S/C27H25N3O4/c1-34-23(32)14-16-9-12-29(13-10-16)15-20-22(31)7-6-21-24(20)19-8-11-28-25-17-4-2-3-5-18(17)27(33)30(21)26(19)25/h2-8,11,16,31H,9-10,12-15H2,1H3. The van der Waals surface area contributed by atoms with Gasteiger partial charge in [0.25, 0.3) is 5.56 Å². The molecule has 5 aromatic rings. The number of rotatable bonds is 4. The Kier molecular flexibility index (Phi) is 4.88. The summed E-state index contributed by atoms with van der Waals surface area (Å²) in [6, 6.07) is 13.0. The molecule has 0 saturated carbocycles. The second kappa shape index (κ2) is 7.95. The lowest BCUT2D eigenvalue weighted by Gasteiger charge is -2.31. The van der Waals surface area contributed by atoms with Crippen molar-refractivity contribution >= 4 is 44.1 Å². The number of fused-ring (bicyclic) bond motifs is 5. The predicted molar refractivity (Wildman–Crippen MR) is 131 cm³/mol. The number of pyridine rings is 2. The van der Waals surface area contributed by atoms with Crippen molar-refractivity contribution in [2.24, 2.45) is 5.92 Å². The molecule has 2 aromatic carbocycles. The molecule has 0 radical (unpaired) electrons. The number of hydrogen-bond donors (Lipinski definition) is 1. The van der Waals surface area contributed by atoms with Gasteiger partial charge in [0, 0.05) is 46.3 Å². The van der Waals surface area contributed by atoms with E-state index in [9.17, 15) is 14.7 Å². The second-order valence-electron chi connectivity index (χ2n) is 9.20. The van der Waals surface area contributed by atoms with Gasteiger partial charge in [-0.25, -0.2) is 0 Å². The minimum atomic E-state index is -0.158. The van der Waals surface area contributed by atoms with E-state index in [0.29, 0.717) is 24.3 Å². The first kappa shape index (κ1) is 20.9. The van der Waals surface area contributed by atoms with E-state index < -0.39 is 0 Å². The van der Waals surface area contributed by atoms with E-state index in [1.165, 1.54) is 7.11 Å². The number of aromatic nitrogens is 2. The van der Waals surface area contributed by atoms with Crippen molar-refractivity contribution < 1.29 is 14.6 Å². The normalized spacial score (nSPS) is 15.7. The maximum Gasteiger partial charge on any atom is 0.305 e. The van der Waals surface area contributed by atoms with Gasteiger partial charge in [0.05, 0.1) is 23.7 Å². The third kappa shape index (κ3) is 3.11. The van der Waals surface area contributed by atoms with Crippen LogP contribution in [-0.4, -0.2) is 45.6 Å². The van der Waals surface area contributed by atoms with Crippen molar-refractivity contribution in [3.63, 3.8) is 0 Å². The van der Waals surface area contributed by atoms with E-state index in [0.717, 1.165) is 64.2 Å².